The number of aryl methyl sites for hydroxylation is 2. The normalized spacial score (nSPS) is 15.1. The molecule has 2 aromatic rings. The molecule has 1 aromatic heterocycles. The van der Waals surface area contributed by atoms with Crippen LogP contribution in [0.25, 0.3) is 0 Å². The number of nitrogens with zero attached hydrogens (tertiary/aromatic N) is 3. The lowest BCUT2D eigenvalue weighted by atomic mass is 10.0. The third-order valence-corrected chi connectivity index (χ3v) is 5.74. The fraction of sp³-hybridized carbons (Fsp3) is 0.500. The molecule has 1 aliphatic rings. The minimum Gasteiger partial charge on any atom is -0.439 e. The molecule has 32 heavy (non-hydrogen) atoms. The summed E-state index contributed by atoms with van der Waals surface area (Å²) in [4.78, 5) is 11.2. The number of morpholine rings is 1. The molecule has 0 radical (unpaired) electrons. The molecule has 0 saturated carbocycles. The molecule has 0 bridgehead atoms. The number of aromatic nitrogens is 1. The van der Waals surface area contributed by atoms with Crippen LogP contribution in [0, 0.1) is 13.8 Å². The third kappa shape index (κ3) is 7.60. The van der Waals surface area contributed by atoms with Gasteiger partial charge in [-0.3, -0.25) is 9.89 Å². The summed E-state index contributed by atoms with van der Waals surface area (Å²) in [5.41, 5.74) is 3.54. The topological polar surface area (TPSA) is 71.0 Å². The van der Waals surface area contributed by atoms with Crippen LogP contribution in [-0.2, 0) is 11.3 Å². The predicted octanol–water partition coefficient (Wildman–Crippen LogP) is 3.88. The number of hydrogen-bond donors (Lipinski definition) is 2. The van der Waals surface area contributed by atoms with E-state index in [4.69, 9.17) is 9.47 Å². The van der Waals surface area contributed by atoms with E-state index in [0.29, 0.717) is 12.4 Å². The highest BCUT2D eigenvalue weighted by molar-refractivity contribution is 14.0. The van der Waals surface area contributed by atoms with Crippen molar-refractivity contribution in [3.05, 3.63) is 53.2 Å². The predicted molar refractivity (Wildman–Crippen MR) is 140 cm³/mol. The molecule has 1 aromatic carbocycles. The molecular formula is C24H36IN5O2. The van der Waals surface area contributed by atoms with Gasteiger partial charge in [0.05, 0.1) is 13.2 Å². The van der Waals surface area contributed by atoms with E-state index >= 15 is 0 Å². The molecule has 176 valence electrons. The number of ether oxygens (including phenoxy) is 2. The van der Waals surface area contributed by atoms with Crippen LogP contribution < -0.4 is 15.4 Å². The zero-order chi connectivity index (χ0) is 22.3. The Morgan fingerprint density at radius 3 is 2.56 bits per heavy atom. The first-order valence-corrected chi connectivity index (χ1v) is 10.8. The Morgan fingerprint density at radius 1 is 1.12 bits per heavy atom. The SMILES string of the molecule is CN=C(NCc1ccnc(Oc2ccc(C)c(C)c2)c1)NCC(C)(C)N1CCOCC1.I. The van der Waals surface area contributed by atoms with Crippen LogP contribution in [0.1, 0.15) is 30.5 Å². The Morgan fingerprint density at radius 2 is 1.88 bits per heavy atom. The lowest BCUT2D eigenvalue weighted by Gasteiger charge is -2.41. The monoisotopic (exact) mass is 553 g/mol. The Bertz CT molecular complexity index is 898. The van der Waals surface area contributed by atoms with Crippen LogP contribution in [0.4, 0.5) is 0 Å². The van der Waals surface area contributed by atoms with E-state index in [-0.39, 0.29) is 29.5 Å². The zero-order valence-corrected chi connectivity index (χ0v) is 22.1. The first-order valence-electron chi connectivity index (χ1n) is 10.8. The highest BCUT2D eigenvalue weighted by Crippen LogP contribution is 2.22. The van der Waals surface area contributed by atoms with Crippen LogP contribution in [0.2, 0.25) is 0 Å². The van der Waals surface area contributed by atoms with Crippen LogP contribution in [-0.4, -0.2) is 61.3 Å². The quantitative estimate of drug-likeness (QED) is 0.308. The second-order valence-electron chi connectivity index (χ2n) is 8.54. The van der Waals surface area contributed by atoms with Crippen LogP contribution in [0.5, 0.6) is 11.6 Å². The van der Waals surface area contributed by atoms with Gasteiger partial charge in [0.15, 0.2) is 5.96 Å². The van der Waals surface area contributed by atoms with Crippen molar-refractivity contribution in [2.45, 2.75) is 39.8 Å². The first-order chi connectivity index (χ1) is 14.9. The Kier molecular flexibility index (Phi) is 10.2. The number of halogens is 1. The van der Waals surface area contributed by atoms with Gasteiger partial charge < -0.3 is 20.1 Å². The zero-order valence-electron chi connectivity index (χ0n) is 19.8. The molecule has 1 aliphatic heterocycles. The number of guanidine groups is 1. The van der Waals surface area contributed by atoms with Gasteiger partial charge in [-0.05, 0) is 62.6 Å². The van der Waals surface area contributed by atoms with Gasteiger partial charge in [0.1, 0.15) is 5.75 Å². The van der Waals surface area contributed by atoms with Crippen molar-refractivity contribution in [1.82, 2.24) is 20.5 Å². The number of benzene rings is 1. The summed E-state index contributed by atoms with van der Waals surface area (Å²) in [6.07, 6.45) is 1.77. The van der Waals surface area contributed by atoms with E-state index in [1.807, 2.05) is 24.3 Å². The summed E-state index contributed by atoms with van der Waals surface area (Å²) >= 11 is 0. The van der Waals surface area contributed by atoms with Gasteiger partial charge in [-0.15, -0.1) is 24.0 Å². The van der Waals surface area contributed by atoms with E-state index in [2.05, 4.69) is 59.3 Å². The molecule has 0 unspecified atom stereocenters. The molecule has 7 nitrogen and oxygen atoms in total. The number of hydrogen-bond acceptors (Lipinski definition) is 5. The van der Waals surface area contributed by atoms with Crippen molar-refractivity contribution in [3.8, 4) is 11.6 Å². The van der Waals surface area contributed by atoms with Crippen molar-refractivity contribution >= 4 is 29.9 Å². The number of rotatable bonds is 7. The molecule has 1 saturated heterocycles. The van der Waals surface area contributed by atoms with E-state index in [1.54, 1.807) is 13.2 Å². The molecular weight excluding hydrogens is 517 g/mol. The summed E-state index contributed by atoms with van der Waals surface area (Å²) in [7, 11) is 1.79. The van der Waals surface area contributed by atoms with Crippen molar-refractivity contribution in [2.24, 2.45) is 4.99 Å². The van der Waals surface area contributed by atoms with E-state index in [1.165, 1.54) is 11.1 Å². The maximum absolute atomic E-state index is 5.95. The maximum atomic E-state index is 5.95. The van der Waals surface area contributed by atoms with Gasteiger partial charge in [-0.1, -0.05) is 6.07 Å². The molecule has 8 heteroatoms. The van der Waals surface area contributed by atoms with Crippen LogP contribution in [0.3, 0.4) is 0 Å². The molecule has 0 spiro atoms. The lowest BCUT2D eigenvalue weighted by molar-refractivity contribution is -0.00834. The largest absolute Gasteiger partial charge is 0.439 e. The fourth-order valence-electron chi connectivity index (χ4n) is 3.50. The molecule has 1 fully saturated rings. The fourth-order valence-corrected chi connectivity index (χ4v) is 3.50. The second-order valence-corrected chi connectivity index (χ2v) is 8.54. The molecule has 2 heterocycles. The molecule has 2 N–H and O–H groups in total. The van der Waals surface area contributed by atoms with E-state index in [9.17, 15) is 0 Å². The van der Waals surface area contributed by atoms with Crippen molar-refractivity contribution in [2.75, 3.05) is 39.9 Å². The summed E-state index contributed by atoms with van der Waals surface area (Å²) in [5, 5.41) is 6.83. The van der Waals surface area contributed by atoms with Gasteiger partial charge >= 0.3 is 0 Å². The first kappa shape index (κ1) is 26.3. The van der Waals surface area contributed by atoms with Crippen molar-refractivity contribution in [1.29, 1.82) is 0 Å². The average molecular weight is 553 g/mol. The lowest BCUT2D eigenvalue weighted by Crippen LogP contribution is -2.56. The third-order valence-electron chi connectivity index (χ3n) is 5.74. The smallest absolute Gasteiger partial charge is 0.219 e. The highest BCUT2D eigenvalue weighted by Gasteiger charge is 2.28. The molecule has 3 rings (SSSR count). The van der Waals surface area contributed by atoms with Crippen molar-refractivity contribution < 1.29 is 9.47 Å². The molecule has 0 amide bonds. The Hall–Kier alpha value is -1.91. The van der Waals surface area contributed by atoms with Crippen molar-refractivity contribution in [3.63, 3.8) is 0 Å². The standard InChI is InChI=1S/C24H35N5O2.HI/c1-18-6-7-21(14-19(18)2)31-22-15-20(8-9-26-22)16-27-23(25-5)28-17-24(3,4)29-10-12-30-13-11-29;/h6-9,14-15H,10-13,16-17H2,1-5H3,(H2,25,27,28);1H. The maximum Gasteiger partial charge on any atom is 0.219 e. The highest BCUT2D eigenvalue weighted by atomic mass is 127. The Labute approximate surface area is 209 Å². The van der Waals surface area contributed by atoms with Gasteiger partial charge in [-0.25, -0.2) is 4.98 Å². The summed E-state index contributed by atoms with van der Waals surface area (Å²) < 4.78 is 11.4. The summed E-state index contributed by atoms with van der Waals surface area (Å²) in [6, 6.07) is 9.99. The number of nitrogens with one attached hydrogen (secondary N) is 2. The van der Waals surface area contributed by atoms with Gasteiger partial charge in [0.2, 0.25) is 5.88 Å². The number of aliphatic imine (C=N–C) groups is 1. The van der Waals surface area contributed by atoms with Gasteiger partial charge in [0.25, 0.3) is 0 Å². The van der Waals surface area contributed by atoms with Crippen LogP contribution in [0.15, 0.2) is 41.5 Å². The Balaban J connectivity index is 0.00000363. The van der Waals surface area contributed by atoms with Crippen LogP contribution >= 0.6 is 24.0 Å². The minimum atomic E-state index is 0. The number of pyridine rings is 1. The van der Waals surface area contributed by atoms with Gasteiger partial charge in [-0.2, -0.15) is 0 Å². The van der Waals surface area contributed by atoms with E-state index < -0.39 is 0 Å². The van der Waals surface area contributed by atoms with E-state index in [0.717, 1.165) is 50.1 Å². The minimum absolute atomic E-state index is 0. The van der Waals surface area contributed by atoms with Gasteiger partial charge in [0, 0.05) is 51.0 Å². The second kappa shape index (κ2) is 12.4. The summed E-state index contributed by atoms with van der Waals surface area (Å²) in [5.74, 6) is 2.15. The summed E-state index contributed by atoms with van der Waals surface area (Å²) in [6.45, 7) is 13.6. The molecule has 0 atom stereocenters. The molecule has 0 aliphatic carbocycles. The average Bonchev–Trinajstić information content (AvgIpc) is 2.77.